The van der Waals surface area contributed by atoms with E-state index in [0.29, 0.717) is 11.4 Å². The van der Waals surface area contributed by atoms with Crippen LogP contribution < -0.4 is 5.73 Å². The van der Waals surface area contributed by atoms with Crippen molar-refractivity contribution in [1.29, 1.82) is 0 Å². The summed E-state index contributed by atoms with van der Waals surface area (Å²) in [5.41, 5.74) is 6.62. The Hall–Kier alpha value is -0.280. The summed E-state index contributed by atoms with van der Waals surface area (Å²) in [4.78, 5) is 0. The Balaban J connectivity index is 0.00000169. The number of benzene rings is 1. The van der Waals surface area contributed by atoms with Gasteiger partial charge in [0, 0.05) is 5.02 Å². The van der Waals surface area contributed by atoms with Crippen molar-refractivity contribution in [2.24, 2.45) is 5.73 Å². The van der Waals surface area contributed by atoms with E-state index in [1.54, 1.807) is 6.07 Å². The van der Waals surface area contributed by atoms with Crippen molar-refractivity contribution in [1.82, 2.24) is 0 Å². The van der Waals surface area contributed by atoms with Crippen LogP contribution in [0.25, 0.3) is 0 Å². The van der Waals surface area contributed by atoms with Crippen LogP contribution in [0.4, 0.5) is 0 Å². The highest BCUT2D eigenvalue weighted by molar-refractivity contribution is 6.31. The fourth-order valence-corrected chi connectivity index (χ4v) is 1.47. The van der Waals surface area contributed by atoms with Gasteiger partial charge in [0.05, 0.1) is 12.1 Å². The SMILES string of the molecule is CC[C@H](O)[C@H](N)c1ccccc1Cl.Cl. The van der Waals surface area contributed by atoms with Gasteiger partial charge in [0.1, 0.15) is 0 Å². The maximum Gasteiger partial charge on any atom is 0.0730 e. The summed E-state index contributed by atoms with van der Waals surface area (Å²) < 4.78 is 0. The average Bonchev–Trinajstić information content (AvgIpc) is 2.16. The van der Waals surface area contributed by atoms with Gasteiger partial charge in [-0.2, -0.15) is 0 Å². The van der Waals surface area contributed by atoms with Gasteiger partial charge in [0.2, 0.25) is 0 Å². The topological polar surface area (TPSA) is 46.2 Å². The molecule has 80 valence electrons. The number of hydrogen-bond donors (Lipinski definition) is 2. The highest BCUT2D eigenvalue weighted by atomic mass is 35.5. The molecule has 3 N–H and O–H groups in total. The van der Waals surface area contributed by atoms with Crippen LogP contribution in [-0.2, 0) is 0 Å². The van der Waals surface area contributed by atoms with Crippen LogP contribution in [0.3, 0.4) is 0 Å². The summed E-state index contributed by atoms with van der Waals surface area (Å²) in [5.74, 6) is 0. The van der Waals surface area contributed by atoms with Crippen LogP contribution in [0.1, 0.15) is 24.9 Å². The van der Waals surface area contributed by atoms with Gasteiger partial charge in [-0.15, -0.1) is 12.4 Å². The second kappa shape index (κ2) is 6.25. The summed E-state index contributed by atoms with van der Waals surface area (Å²) in [6.45, 7) is 1.89. The maximum atomic E-state index is 9.52. The lowest BCUT2D eigenvalue weighted by Gasteiger charge is -2.18. The molecule has 0 aromatic heterocycles. The molecule has 2 nitrogen and oxygen atoms in total. The highest BCUT2D eigenvalue weighted by Crippen LogP contribution is 2.23. The molecule has 0 heterocycles. The molecule has 2 atom stereocenters. The van der Waals surface area contributed by atoms with Crippen molar-refractivity contribution in [2.75, 3.05) is 0 Å². The van der Waals surface area contributed by atoms with Crippen LogP contribution in [-0.4, -0.2) is 11.2 Å². The minimum atomic E-state index is -0.528. The molecule has 0 unspecified atom stereocenters. The monoisotopic (exact) mass is 235 g/mol. The normalized spacial score (nSPS) is 14.3. The lowest BCUT2D eigenvalue weighted by atomic mass is 10.0. The largest absolute Gasteiger partial charge is 0.391 e. The van der Waals surface area contributed by atoms with Crippen molar-refractivity contribution in [3.8, 4) is 0 Å². The fourth-order valence-electron chi connectivity index (χ4n) is 1.21. The van der Waals surface area contributed by atoms with Gasteiger partial charge < -0.3 is 10.8 Å². The van der Waals surface area contributed by atoms with Crippen molar-refractivity contribution in [3.63, 3.8) is 0 Å². The molecule has 4 heteroatoms. The fraction of sp³-hybridized carbons (Fsp3) is 0.400. The van der Waals surface area contributed by atoms with Gasteiger partial charge in [0.15, 0.2) is 0 Å². The molecule has 14 heavy (non-hydrogen) atoms. The Morgan fingerprint density at radius 2 is 2.00 bits per heavy atom. The summed E-state index contributed by atoms with van der Waals surface area (Å²) in [7, 11) is 0. The zero-order valence-electron chi connectivity index (χ0n) is 7.98. The van der Waals surface area contributed by atoms with Crippen LogP contribution in [0.15, 0.2) is 24.3 Å². The molecule has 0 spiro atoms. The van der Waals surface area contributed by atoms with Gasteiger partial charge in [-0.3, -0.25) is 0 Å². The van der Waals surface area contributed by atoms with Crippen molar-refractivity contribution in [3.05, 3.63) is 34.9 Å². The van der Waals surface area contributed by atoms with E-state index in [-0.39, 0.29) is 12.4 Å². The van der Waals surface area contributed by atoms with Crippen LogP contribution in [0.2, 0.25) is 5.02 Å². The maximum absolute atomic E-state index is 9.52. The Morgan fingerprint density at radius 1 is 1.43 bits per heavy atom. The zero-order valence-corrected chi connectivity index (χ0v) is 9.55. The van der Waals surface area contributed by atoms with Gasteiger partial charge >= 0.3 is 0 Å². The van der Waals surface area contributed by atoms with Crippen LogP contribution in [0, 0.1) is 0 Å². The van der Waals surface area contributed by atoms with Gasteiger partial charge in [0.25, 0.3) is 0 Å². The smallest absolute Gasteiger partial charge is 0.0730 e. The van der Waals surface area contributed by atoms with E-state index < -0.39 is 12.1 Å². The van der Waals surface area contributed by atoms with Crippen LogP contribution in [0.5, 0.6) is 0 Å². The summed E-state index contributed by atoms with van der Waals surface area (Å²) in [6, 6.07) is 6.93. The van der Waals surface area contributed by atoms with Gasteiger partial charge in [-0.1, -0.05) is 36.7 Å². The number of nitrogens with two attached hydrogens (primary N) is 1. The molecule has 0 saturated heterocycles. The molecule has 0 aliphatic carbocycles. The highest BCUT2D eigenvalue weighted by Gasteiger charge is 2.16. The molecule has 0 radical (unpaired) electrons. The zero-order chi connectivity index (χ0) is 9.84. The van der Waals surface area contributed by atoms with E-state index in [2.05, 4.69) is 0 Å². The standard InChI is InChI=1S/C10H14ClNO.ClH/c1-2-9(13)10(12)7-5-3-4-6-8(7)11;/h3-6,9-10,13H,2,12H2,1H3;1H/t9-,10+;/m0./s1. The lowest BCUT2D eigenvalue weighted by molar-refractivity contribution is 0.141. The van der Waals surface area contributed by atoms with E-state index in [1.165, 1.54) is 0 Å². The molecular weight excluding hydrogens is 221 g/mol. The molecular formula is C10H15Cl2NO. The number of rotatable bonds is 3. The first kappa shape index (κ1) is 13.7. The molecule has 1 rings (SSSR count). The third kappa shape index (κ3) is 3.14. The third-order valence-electron chi connectivity index (χ3n) is 2.10. The molecule has 0 aliphatic heterocycles. The molecule has 1 aromatic rings. The lowest BCUT2D eigenvalue weighted by Crippen LogP contribution is -2.25. The van der Waals surface area contributed by atoms with E-state index in [0.717, 1.165) is 5.56 Å². The van der Waals surface area contributed by atoms with Gasteiger partial charge in [-0.25, -0.2) is 0 Å². The van der Waals surface area contributed by atoms with Crippen molar-refractivity contribution >= 4 is 24.0 Å². The predicted molar refractivity (Wildman–Crippen MR) is 61.9 cm³/mol. The Bertz CT molecular complexity index is 281. The second-order valence-corrected chi connectivity index (χ2v) is 3.43. The quantitative estimate of drug-likeness (QED) is 0.847. The molecule has 0 fully saturated rings. The number of aliphatic hydroxyl groups excluding tert-OH is 1. The minimum absolute atomic E-state index is 0. The summed E-state index contributed by atoms with van der Waals surface area (Å²) in [5, 5.41) is 10.1. The number of halogens is 2. The Labute approximate surface area is 95.5 Å². The predicted octanol–water partition coefficient (Wildman–Crippen LogP) is 2.53. The first-order valence-corrected chi connectivity index (χ1v) is 4.72. The first-order valence-electron chi connectivity index (χ1n) is 4.35. The van der Waals surface area contributed by atoms with Gasteiger partial charge in [-0.05, 0) is 18.1 Å². The summed E-state index contributed by atoms with van der Waals surface area (Å²) >= 11 is 5.93. The van der Waals surface area contributed by atoms with Crippen LogP contribution >= 0.6 is 24.0 Å². The Morgan fingerprint density at radius 3 is 2.50 bits per heavy atom. The second-order valence-electron chi connectivity index (χ2n) is 3.02. The third-order valence-corrected chi connectivity index (χ3v) is 2.44. The van der Waals surface area contributed by atoms with E-state index in [4.69, 9.17) is 17.3 Å². The van der Waals surface area contributed by atoms with E-state index in [9.17, 15) is 5.11 Å². The molecule has 0 bridgehead atoms. The molecule has 1 aromatic carbocycles. The first-order chi connectivity index (χ1) is 6.16. The van der Waals surface area contributed by atoms with E-state index >= 15 is 0 Å². The summed E-state index contributed by atoms with van der Waals surface area (Å²) in [6.07, 6.45) is 0.103. The van der Waals surface area contributed by atoms with Crippen molar-refractivity contribution < 1.29 is 5.11 Å². The Kier molecular flexibility index (Phi) is 6.12. The number of aliphatic hydroxyl groups is 1. The average molecular weight is 236 g/mol. The van der Waals surface area contributed by atoms with E-state index in [1.807, 2.05) is 25.1 Å². The number of hydrogen-bond acceptors (Lipinski definition) is 2. The molecule has 0 saturated carbocycles. The molecule has 0 amide bonds. The van der Waals surface area contributed by atoms with Crippen molar-refractivity contribution in [2.45, 2.75) is 25.5 Å². The molecule has 0 aliphatic rings. The minimum Gasteiger partial charge on any atom is -0.391 e.